The molecule has 0 unspecified atom stereocenters. The molecule has 1 aromatic rings. The molecule has 2 aliphatic rings. The highest BCUT2D eigenvalue weighted by Gasteiger charge is 2.23. The third-order valence-corrected chi connectivity index (χ3v) is 4.81. The van der Waals surface area contributed by atoms with Crippen LogP contribution in [-0.4, -0.2) is 73.6 Å². The topological polar surface area (TPSA) is 73.9 Å². The number of likely N-dealkylation sites (tertiary alicyclic amines) is 1. The molecule has 26 heavy (non-hydrogen) atoms. The molecule has 0 saturated carbocycles. The number of benzene rings is 1. The first-order chi connectivity index (χ1) is 12.6. The van der Waals surface area contributed by atoms with Gasteiger partial charge in [-0.2, -0.15) is 0 Å². The average Bonchev–Trinajstić information content (AvgIpc) is 3.18. The number of carbonyl (C=O) groups excluding carboxylic acids is 2. The molecule has 0 aliphatic carbocycles. The van der Waals surface area contributed by atoms with Crippen LogP contribution in [0.15, 0.2) is 24.3 Å². The summed E-state index contributed by atoms with van der Waals surface area (Å²) in [6.45, 7) is 6.93. The Labute approximate surface area is 154 Å². The van der Waals surface area contributed by atoms with Crippen LogP contribution in [0.3, 0.4) is 0 Å². The molecule has 2 fully saturated rings. The van der Waals surface area contributed by atoms with Gasteiger partial charge >= 0.3 is 0 Å². The summed E-state index contributed by atoms with van der Waals surface area (Å²) in [4.78, 5) is 28.5. The van der Waals surface area contributed by atoms with E-state index in [1.807, 2.05) is 36.1 Å². The van der Waals surface area contributed by atoms with Crippen molar-refractivity contribution in [3.8, 4) is 0 Å². The van der Waals surface area contributed by atoms with Gasteiger partial charge in [0.15, 0.2) is 0 Å². The fourth-order valence-electron chi connectivity index (χ4n) is 3.34. The highest BCUT2D eigenvalue weighted by molar-refractivity contribution is 5.92. The number of amides is 2. The zero-order chi connectivity index (χ0) is 18.4. The molecule has 0 aromatic heterocycles. The molecule has 3 rings (SSSR count). The standard InChI is InChI=1S/C19H28N4O3/c1-15(19(25)23-8-2-3-9-23)20-16-4-6-17(7-5-16)21-18(24)14-22-10-12-26-13-11-22/h4-7,15,20H,2-3,8-14H2,1H3,(H,21,24)/t15-/m1/s1. The summed E-state index contributed by atoms with van der Waals surface area (Å²) < 4.78 is 5.29. The Morgan fingerprint density at radius 2 is 1.65 bits per heavy atom. The molecule has 2 saturated heterocycles. The van der Waals surface area contributed by atoms with Gasteiger partial charge in [0, 0.05) is 37.6 Å². The SMILES string of the molecule is C[C@@H](Nc1ccc(NC(=O)CN2CCOCC2)cc1)C(=O)N1CCCC1. The van der Waals surface area contributed by atoms with Crippen molar-refractivity contribution < 1.29 is 14.3 Å². The number of hydrogen-bond acceptors (Lipinski definition) is 5. The van der Waals surface area contributed by atoms with Gasteiger partial charge in [0.05, 0.1) is 19.8 Å². The van der Waals surface area contributed by atoms with Crippen molar-refractivity contribution in [2.75, 3.05) is 56.6 Å². The molecular weight excluding hydrogens is 332 g/mol. The van der Waals surface area contributed by atoms with Gasteiger partial charge in [-0.25, -0.2) is 0 Å². The van der Waals surface area contributed by atoms with Crippen molar-refractivity contribution in [1.29, 1.82) is 0 Å². The van der Waals surface area contributed by atoms with Crippen LogP contribution in [0, 0.1) is 0 Å². The molecule has 142 valence electrons. The van der Waals surface area contributed by atoms with Gasteiger partial charge in [0.25, 0.3) is 0 Å². The van der Waals surface area contributed by atoms with E-state index in [1.54, 1.807) is 0 Å². The third kappa shape index (κ3) is 5.19. The normalized spacial score (nSPS) is 19.2. The summed E-state index contributed by atoms with van der Waals surface area (Å²) in [7, 11) is 0. The predicted molar refractivity (Wildman–Crippen MR) is 101 cm³/mol. The minimum atomic E-state index is -0.255. The van der Waals surface area contributed by atoms with Crippen LogP contribution < -0.4 is 10.6 Å². The number of hydrogen-bond donors (Lipinski definition) is 2. The number of ether oxygens (including phenoxy) is 1. The summed E-state index contributed by atoms with van der Waals surface area (Å²) in [5.74, 6) is 0.121. The lowest BCUT2D eigenvalue weighted by atomic mass is 10.2. The lowest BCUT2D eigenvalue weighted by molar-refractivity contribution is -0.130. The number of nitrogens with zero attached hydrogens (tertiary/aromatic N) is 2. The smallest absolute Gasteiger partial charge is 0.244 e. The van der Waals surface area contributed by atoms with Gasteiger partial charge in [0.2, 0.25) is 11.8 Å². The van der Waals surface area contributed by atoms with Crippen LogP contribution in [0.4, 0.5) is 11.4 Å². The first kappa shape index (κ1) is 18.7. The Bertz CT molecular complexity index is 608. The monoisotopic (exact) mass is 360 g/mol. The maximum absolute atomic E-state index is 12.3. The average molecular weight is 360 g/mol. The molecule has 1 atom stereocenters. The lowest BCUT2D eigenvalue weighted by Gasteiger charge is -2.25. The van der Waals surface area contributed by atoms with Crippen LogP contribution in [0.25, 0.3) is 0 Å². The molecule has 0 spiro atoms. The minimum absolute atomic E-state index is 0.0230. The number of anilines is 2. The summed E-state index contributed by atoms with van der Waals surface area (Å²) in [6.07, 6.45) is 2.19. The van der Waals surface area contributed by atoms with Crippen molar-refractivity contribution in [3.05, 3.63) is 24.3 Å². The quantitative estimate of drug-likeness (QED) is 0.802. The predicted octanol–water partition coefficient (Wildman–Crippen LogP) is 1.38. The second-order valence-corrected chi connectivity index (χ2v) is 6.91. The van der Waals surface area contributed by atoms with Gasteiger partial charge in [-0.3, -0.25) is 14.5 Å². The number of morpholine rings is 1. The molecular formula is C19H28N4O3. The largest absolute Gasteiger partial charge is 0.379 e. The van der Waals surface area contributed by atoms with Gasteiger partial charge in [-0.15, -0.1) is 0 Å². The third-order valence-electron chi connectivity index (χ3n) is 4.81. The fourth-order valence-corrected chi connectivity index (χ4v) is 3.34. The Kier molecular flexibility index (Phi) is 6.46. The lowest BCUT2D eigenvalue weighted by Crippen LogP contribution is -2.41. The Morgan fingerprint density at radius 1 is 1.04 bits per heavy atom. The number of nitrogens with one attached hydrogen (secondary N) is 2. The van der Waals surface area contributed by atoms with Crippen molar-refractivity contribution in [2.45, 2.75) is 25.8 Å². The van der Waals surface area contributed by atoms with Gasteiger partial charge in [-0.1, -0.05) is 0 Å². The van der Waals surface area contributed by atoms with Crippen LogP contribution >= 0.6 is 0 Å². The molecule has 2 heterocycles. The zero-order valence-corrected chi connectivity index (χ0v) is 15.4. The molecule has 7 nitrogen and oxygen atoms in total. The molecule has 7 heteroatoms. The Morgan fingerprint density at radius 3 is 2.31 bits per heavy atom. The van der Waals surface area contributed by atoms with E-state index in [4.69, 9.17) is 4.74 Å². The van der Waals surface area contributed by atoms with E-state index in [2.05, 4.69) is 15.5 Å². The zero-order valence-electron chi connectivity index (χ0n) is 15.4. The van der Waals surface area contributed by atoms with E-state index < -0.39 is 0 Å². The van der Waals surface area contributed by atoms with E-state index >= 15 is 0 Å². The van der Waals surface area contributed by atoms with Crippen molar-refractivity contribution in [1.82, 2.24) is 9.80 Å². The molecule has 2 amide bonds. The number of rotatable bonds is 6. The minimum Gasteiger partial charge on any atom is -0.379 e. The van der Waals surface area contributed by atoms with Crippen LogP contribution in [0.5, 0.6) is 0 Å². The highest BCUT2D eigenvalue weighted by atomic mass is 16.5. The summed E-state index contributed by atoms with van der Waals surface area (Å²) in [5.41, 5.74) is 1.63. The highest BCUT2D eigenvalue weighted by Crippen LogP contribution is 2.16. The maximum Gasteiger partial charge on any atom is 0.244 e. The summed E-state index contributed by atoms with van der Waals surface area (Å²) in [6, 6.07) is 7.23. The van der Waals surface area contributed by atoms with Crippen LogP contribution in [-0.2, 0) is 14.3 Å². The van der Waals surface area contributed by atoms with Crippen molar-refractivity contribution in [2.24, 2.45) is 0 Å². The van der Waals surface area contributed by atoms with Gasteiger partial charge < -0.3 is 20.3 Å². The van der Waals surface area contributed by atoms with E-state index in [1.165, 1.54) is 0 Å². The van der Waals surface area contributed by atoms with Gasteiger partial charge in [0.1, 0.15) is 6.04 Å². The van der Waals surface area contributed by atoms with E-state index in [0.29, 0.717) is 19.8 Å². The van der Waals surface area contributed by atoms with Crippen molar-refractivity contribution >= 4 is 23.2 Å². The molecule has 0 radical (unpaired) electrons. The van der Waals surface area contributed by atoms with Crippen LogP contribution in [0.2, 0.25) is 0 Å². The molecule has 2 N–H and O–H groups in total. The first-order valence-electron chi connectivity index (χ1n) is 9.37. The fraction of sp³-hybridized carbons (Fsp3) is 0.579. The summed E-state index contributed by atoms with van der Waals surface area (Å²) >= 11 is 0. The van der Waals surface area contributed by atoms with E-state index in [-0.39, 0.29) is 17.9 Å². The second kappa shape index (κ2) is 9.00. The maximum atomic E-state index is 12.3. The first-order valence-corrected chi connectivity index (χ1v) is 9.37. The van der Waals surface area contributed by atoms with Gasteiger partial charge in [-0.05, 0) is 44.0 Å². The molecule has 2 aliphatic heterocycles. The van der Waals surface area contributed by atoms with Crippen molar-refractivity contribution in [3.63, 3.8) is 0 Å². The Hall–Kier alpha value is -2.12. The number of carbonyl (C=O) groups is 2. The van der Waals surface area contributed by atoms with E-state index in [9.17, 15) is 9.59 Å². The summed E-state index contributed by atoms with van der Waals surface area (Å²) in [5, 5.41) is 6.15. The molecule has 0 bridgehead atoms. The Balaban J connectivity index is 1.46. The second-order valence-electron chi connectivity index (χ2n) is 6.91. The van der Waals surface area contributed by atoms with E-state index in [0.717, 1.165) is 50.4 Å². The van der Waals surface area contributed by atoms with Crippen LogP contribution in [0.1, 0.15) is 19.8 Å². The molecule has 1 aromatic carbocycles.